The van der Waals surface area contributed by atoms with Crippen molar-refractivity contribution in [3.63, 3.8) is 0 Å². The van der Waals surface area contributed by atoms with Crippen LogP contribution in [0.2, 0.25) is 0 Å². The number of benzene rings is 1. The van der Waals surface area contributed by atoms with Crippen molar-refractivity contribution >= 4 is 16.6 Å². The van der Waals surface area contributed by atoms with Gasteiger partial charge in [-0.1, -0.05) is 18.7 Å². The smallest absolute Gasteiger partial charge is 0.130 e. The van der Waals surface area contributed by atoms with Crippen molar-refractivity contribution in [2.45, 2.75) is 12.8 Å². The Morgan fingerprint density at radius 3 is 2.78 bits per heavy atom. The van der Waals surface area contributed by atoms with Gasteiger partial charge in [0.05, 0.1) is 6.20 Å². The van der Waals surface area contributed by atoms with Crippen molar-refractivity contribution in [2.75, 3.05) is 31.6 Å². The van der Waals surface area contributed by atoms with Crippen LogP contribution in [-0.2, 0) is 0 Å². The standard InChI is InChI=1S/C21H24FN5/c1-15(16-4-7-27(8-5-16)9-6-22)26-21-11-19-10-17(20-13-24-25-14-20)2-3-18(19)12-23-21/h2-3,10-14,16H,1,4-9H2,(H,23,26)(H,24,25). The number of aromatic amines is 1. The summed E-state index contributed by atoms with van der Waals surface area (Å²) in [6.45, 7) is 6.34. The summed E-state index contributed by atoms with van der Waals surface area (Å²) in [7, 11) is 0. The van der Waals surface area contributed by atoms with Crippen LogP contribution in [0, 0.1) is 5.92 Å². The minimum atomic E-state index is -0.272. The number of rotatable bonds is 6. The molecule has 1 aliphatic rings. The van der Waals surface area contributed by atoms with E-state index >= 15 is 0 Å². The monoisotopic (exact) mass is 365 g/mol. The normalized spacial score (nSPS) is 15.9. The second kappa shape index (κ2) is 7.88. The minimum absolute atomic E-state index is 0.272. The number of allylic oxidation sites excluding steroid dienone is 1. The number of halogens is 1. The van der Waals surface area contributed by atoms with Crippen molar-refractivity contribution < 1.29 is 4.39 Å². The topological polar surface area (TPSA) is 56.8 Å². The van der Waals surface area contributed by atoms with Crippen LogP contribution in [0.1, 0.15) is 12.8 Å². The van der Waals surface area contributed by atoms with Gasteiger partial charge in [-0.25, -0.2) is 9.37 Å². The Hall–Kier alpha value is -2.73. The van der Waals surface area contributed by atoms with Crippen molar-refractivity contribution in [1.82, 2.24) is 20.1 Å². The molecule has 0 spiro atoms. The van der Waals surface area contributed by atoms with Gasteiger partial charge in [0.1, 0.15) is 12.5 Å². The molecule has 0 radical (unpaired) electrons. The van der Waals surface area contributed by atoms with Crippen LogP contribution in [0.5, 0.6) is 0 Å². The van der Waals surface area contributed by atoms with E-state index in [2.05, 4.69) is 56.2 Å². The van der Waals surface area contributed by atoms with Gasteiger partial charge < -0.3 is 10.2 Å². The molecule has 0 aliphatic carbocycles. The van der Waals surface area contributed by atoms with Crippen LogP contribution < -0.4 is 5.32 Å². The molecule has 140 valence electrons. The van der Waals surface area contributed by atoms with E-state index < -0.39 is 0 Å². The quantitative estimate of drug-likeness (QED) is 0.686. The third-order valence-corrected chi connectivity index (χ3v) is 5.32. The van der Waals surface area contributed by atoms with E-state index in [-0.39, 0.29) is 6.67 Å². The Morgan fingerprint density at radius 2 is 2.04 bits per heavy atom. The molecule has 3 aromatic rings. The van der Waals surface area contributed by atoms with Gasteiger partial charge in [-0.15, -0.1) is 0 Å². The highest BCUT2D eigenvalue weighted by atomic mass is 19.1. The van der Waals surface area contributed by atoms with Crippen molar-refractivity contribution in [3.8, 4) is 11.1 Å². The number of piperidine rings is 1. The van der Waals surface area contributed by atoms with Gasteiger partial charge in [-0.3, -0.25) is 5.10 Å². The number of pyridine rings is 1. The molecule has 5 nitrogen and oxygen atoms in total. The average Bonchev–Trinajstić information content (AvgIpc) is 3.23. The van der Waals surface area contributed by atoms with E-state index in [9.17, 15) is 4.39 Å². The van der Waals surface area contributed by atoms with Crippen LogP contribution in [0.3, 0.4) is 0 Å². The highest BCUT2D eigenvalue weighted by Gasteiger charge is 2.21. The fraction of sp³-hybridized carbons (Fsp3) is 0.333. The number of likely N-dealkylation sites (tertiary alicyclic amines) is 1. The number of alkyl halides is 1. The molecule has 1 fully saturated rings. The largest absolute Gasteiger partial charge is 0.344 e. The van der Waals surface area contributed by atoms with Crippen LogP contribution in [0.4, 0.5) is 10.2 Å². The summed E-state index contributed by atoms with van der Waals surface area (Å²) in [5.74, 6) is 1.21. The van der Waals surface area contributed by atoms with Gasteiger partial charge in [0.2, 0.25) is 0 Å². The number of aromatic nitrogens is 3. The first-order chi connectivity index (χ1) is 13.2. The molecule has 0 amide bonds. The predicted molar refractivity (Wildman–Crippen MR) is 107 cm³/mol. The maximum atomic E-state index is 12.5. The van der Waals surface area contributed by atoms with Gasteiger partial charge in [0.15, 0.2) is 0 Å². The first kappa shape index (κ1) is 17.7. The second-order valence-electron chi connectivity index (χ2n) is 7.07. The van der Waals surface area contributed by atoms with E-state index in [4.69, 9.17) is 0 Å². The third-order valence-electron chi connectivity index (χ3n) is 5.32. The van der Waals surface area contributed by atoms with E-state index in [1.165, 1.54) is 0 Å². The van der Waals surface area contributed by atoms with E-state index in [0.717, 1.165) is 59.3 Å². The zero-order chi connectivity index (χ0) is 18.6. The first-order valence-electron chi connectivity index (χ1n) is 9.36. The number of anilines is 1. The highest BCUT2D eigenvalue weighted by Crippen LogP contribution is 2.27. The van der Waals surface area contributed by atoms with Gasteiger partial charge in [0.25, 0.3) is 0 Å². The summed E-state index contributed by atoms with van der Waals surface area (Å²) in [5.41, 5.74) is 3.17. The molecule has 4 rings (SSSR count). The molecular formula is C21H24FN5. The summed E-state index contributed by atoms with van der Waals surface area (Å²) in [5, 5.41) is 12.5. The van der Waals surface area contributed by atoms with Gasteiger partial charge >= 0.3 is 0 Å². The van der Waals surface area contributed by atoms with Crippen molar-refractivity contribution in [3.05, 3.63) is 55.1 Å². The Balaban J connectivity index is 1.46. The SMILES string of the molecule is C=C(Nc1cc2cc(-c3cn[nH]c3)ccc2cn1)C1CCN(CCF)CC1. The van der Waals surface area contributed by atoms with Crippen LogP contribution in [0.25, 0.3) is 21.9 Å². The highest BCUT2D eigenvalue weighted by molar-refractivity contribution is 5.88. The summed E-state index contributed by atoms with van der Waals surface area (Å²) in [6.07, 6.45) is 7.60. The number of hydrogen-bond acceptors (Lipinski definition) is 4. The number of hydrogen-bond donors (Lipinski definition) is 2. The summed E-state index contributed by atoms with van der Waals surface area (Å²) in [4.78, 5) is 6.70. The molecule has 27 heavy (non-hydrogen) atoms. The number of nitrogens with zero attached hydrogens (tertiary/aromatic N) is 3. The molecule has 1 aromatic carbocycles. The summed E-state index contributed by atoms with van der Waals surface area (Å²) >= 11 is 0. The molecule has 2 aromatic heterocycles. The van der Waals surface area contributed by atoms with Gasteiger partial charge in [-0.05, 0) is 49.0 Å². The number of H-pyrrole nitrogens is 1. The number of fused-ring (bicyclic) bond motifs is 1. The molecule has 1 saturated heterocycles. The Labute approximate surface area is 158 Å². The second-order valence-corrected chi connectivity index (χ2v) is 7.07. The lowest BCUT2D eigenvalue weighted by molar-refractivity contribution is 0.186. The number of nitrogens with one attached hydrogen (secondary N) is 2. The Bertz CT molecular complexity index is 913. The van der Waals surface area contributed by atoms with E-state index in [1.54, 1.807) is 0 Å². The fourth-order valence-electron chi connectivity index (χ4n) is 3.69. The lowest BCUT2D eigenvalue weighted by atomic mass is 9.94. The molecule has 0 saturated carbocycles. The van der Waals surface area contributed by atoms with Gasteiger partial charge in [0, 0.05) is 41.5 Å². The molecule has 0 bridgehead atoms. The average molecular weight is 365 g/mol. The van der Waals surface area contributed by atoms with Crippen LogP contribution in [-0.4, -0.2) is 46.4 Å². The minimum Gasteiger partial charge on any atom is -0.344 e. The molecule has 0 unspecified atom stereocenters. The molecule has 0 atom stereocenters. The zero-order valence-corrected chi connectivity index (χ0v) is 15.3. The first-order valence-corrected chi connectivity index (χ1v) is 9.36. The van der Waals surface area contributed by atoms with E-state index in [0.29, 0.717) is 12.5 Å². The molecule has 3 heterocycles. The van der Waals surface area contributed by atoms with Gasteiger partial charge in [-0.2, -0.15) is 5.10 Å². The maximum Gasteiger partial charge on any atom is 0.130 e. The Kier molecular flexibility index (Phi) is 5.16. The lowest BCUT2D eigenvalue weighted by Gasteiger charge is -2.32. The van der Waals surface area contributed by atoms with E-state index in [1.807, 2.05) is 18.6 Å². The lowest BCUT2D eigenvalue weighted by Crippen LogP contribution is -2.36. The third kappa shape index (κ3) is 4.01. The Morgan fingerprint density at radius 1 is 1.19 bits per heavy atom. The van der Waals surface area contributed by atoms with Crippen molar-refractivity contribution in [2.24, 2.45) is 5.92 Å². The molecule has 2 N–H and O–H groups in total. The molecular weight excluding hydrogens is 341 g/mol. The maximum absolute atomic E-state index is 12.5. The summed E-state index contributed by atoms with van der Waals surface area (Å²) < 4.78 is 12.5. The van der Waals surface area contributed by atoms with Crippen LogP contribution in [0.15, 0.2) is 55.1 Å². The molecule has 1 aliphatic heterocycles. The predicted octanol–water partition coefficient (Wildman–Crippen LogP) is 4.23. The van der Waals surface area contributed by atoms with Crippen LogP contribution >= 0.6 is 0 Å². The summed E-state index contributed by atoms with van der Waals surface area (Å²) in [6, 6.07) is 8.35. The molecule has 6 heteroatoms. The zero-order valence-electron chi connectivity index (χ0n) is 15.3. The fourth-order valence-corrected chi connectivity index (χ4v) is 3.69. The van der Waals surface area contributed by atoms with Crippen molar-refractivity contribution in [1.29, 1.82) is 0 Å².